The van der Waals surface area contributed by atoms with E-state index in [1.165, 1.54) is 5.56 Å². The van der Waals surface area contributed by atoms with E-state index in [0.717, 1.165) is 37.8 Å². The molecule has 1 N–H and O–H groups in total. The van der Waals surface area contributed by atoms with Crippen LogP contribution in [0.5, 0.6) is 0 Å². The van der Waals surface area contributed by atoms with E-state index in [0.29, 0.717) is 18.3 Å². The second-order valence-corrected chi connectivity index (χ2v) is 5.25. The maximum atomic E-state index is 10.7. The van der Waals surface area contributed by atoms with Crippen LogP contribution in [0.2, 0.25) is 0 Å². The fourth-order valence-electron chi connectivity index (χ4n) is 2.89. The van der Waals surface area contributed by atoms with Gasteiger partial charge in [-0.15, -0.1) is 0 Å². The van der Waals surface area contributed by atoms with E-state index in [9.17, 15) is 4.79 Å². The lowest BCUT2D eigenvalue weighted by molar-refractivity contribution is -0.138. The van der Waals surface area contributed by atoms with Crippen molar-refractivity contribution in [2.24, 2.45) is 5.92 Å². The number of hydrogen-bond donors (Lipinski definition) is 1. The summed E-state index contributed by atoms with van der Waals surface area (Å²) in [6.07, 6.45) is 7.53. The van der Waals surface area contributed by atoms with Gasteiger partial charge in [0.05, 0.1) is 0 Å². The maximum absolute atomic E-state index is 10.7. The van der Waals surface area contributed by atoms with Gasteiger partial charge in [-0.1, -0.05) is 6.92 Å². The number of hydrogen-bond acceptors (Lipinski definition) is 2. The van der Waals surface area contributed by atoms with Crippen LogP contribution in [0.3, 0.4) is 0 Å². The molecule has 0 atom stereocenters. The summed E-state index contributed by atoms with van der Waals surface area (Å²) in [5.74, 6) is 0.324. The average Bonchev–Trinajstić information content (AvgIpc) is 2.39. The Hall–Kier alpha value is -1.38. The van der Waals surface area contributed by atoms with Crippen LogP contribution in [0.25, 0.3) is 0 Å². The molecule has 2 rings (SSSR count). The molecule has 3 heteroatoms. The van der Waals surface area contributed by atoms with Crippen LogP contribution in [0, 0.1) is 5.92 Å². The first-order valence-electron chi connectivity index (χ1n) is 6.85. The van der Waals surface area contributed by atoms with Crippen molar-refractivity contribution >= 4 is 5.97 Å². The van der Waals surface area contributed by atoms with Crippen molar-refractivity contribution in [2.75, 3.05) is 0 Å². The minimum Gasteiger partial charge on any atom is -0.481 e. The van der Waals surface area contributed by atoms with Crippen molar-refractivity contribution in [3.8, 4) is 0 Å². The number of aryl methyl sites for hydroxylation is 1. The predicted octanol–water partition coefficient (Wildman–Crippen LogP) is 3.39. The fraction of sp³-hybridized carbons (Fsp3) is 0.600. The smallest absolute Gasteiger partial charge is 0.303 e. The van der Waals surface area contributed by atoms with Crippen LogP contribution in [0.4, 0.5) is 0 Å². The summed E-state index contributed by atoms with van der Waals surface area (Å²) in [4.78, 5) is 15.0. The molecule has 0 bridgehead atoms. The Balaban J connectivity index is 1.94. The zero-order valence-electron chi connectivity index (χ0n) is 10.9. The van der Waals surface area contributed by atoms with Gasteiger partial charge in [0.1, 0.15) is 0 Å². The Morgan fingerprint density at radius 2 is 2.11 bits per heavy atom. The summed E-state index contributed by atoms with van der Waals surface area (Å²) in [5, 5.41) is 8.81. The Bertz CT molecular complexity index is 409. The van der Waals surface area contributed by atoms with Gasteiger partial charge in [-0.05, 0) is 61.6 Å². The van der Waals surface area contributed by atoms with Crippen LogP contribution in [0.1, 0.15) is 56.2 Å². The van der Waals surface area contributed by atoms with Gasteiger partial charge in [-0.2, -0.15) is 0 Å². The Morgan fingerprint density at radius 3 is 2.72 bits per heavy atom. The normalized spacial score (nSPS) is 23.8. The molecule has 1 aromatic rings. The van der Waals surface area contributed by atoms with Crippen molar-refractivity contribution in [2.45, 2.75) is 51.4 Å². The van der Waals surface area contributed by atoms with Gasteiger partial charge in [0.2, 0.25) is 0 Å². The van der Waals surface area contributed by atoms with Crippen LogP contribution in [-0.2, 0) is 11.2 Å². The lowest BCUT2D eigenvalue weighted by Crippen LogP contribution is -2.16. The number of carboxylic acid groups (broad SMARTS) is 1. The van der Waals surface area contributed by atoms with E-state index in [-0.39, 0.29) is 0 Å². The molecule has 0 aromatic carbocycles. The van der Waals surface area contributed by atoms with Gasteiger partial charge >= 0.3 is 5.97 Å². The lowest BCUT2D eigenvalue weighted by Gasteiger charge is -2.28. The van der Waals surface area contributed by atoms with E-state index in [4.69, 9.17) is 5.11 Å². The molecule has 1 aliphatic rings. The van der Waals surface area contributed by atoms with E-state index in [1.807, 2.05) is 6.20 Å². The highest BCUT2D eigenvalue weighted by molar-refractivity contribution is 5.67. The second kappa shape index (κ2) is 5.98. The zero-order valence-corrected chi connectivity index (χ0v) is 10.9. The molecule has 1 heterocycles. The monoisotopic (exact) mass is 247 g/mol. The minimum atomic E-state index is -0.657. The van der Waals surface area contributed by atoms with Gasteiger partial charge in [0.15, 0.2) is 0 Å². The number of carbonyl (C=O) groups is 1. The number of pyridine rings is 1. The van der Waals surface area contributed by atoms with Gasteiger partial charge in [-0.3, -0.25) is 9.78 Å². The predicted molar refractivity (Wildman–Crippen MR) is 70.6 cm³/mol. The molecule has 0 unspecified atom stereocenters. The fourth-order valence-corrected chi connectivity index (χ4v) is 2.89. The molecule has 1 saturated carbocycles. The Morgan fingerprint density at radius 1 is 1.39 bits per heavy atom. The number of rotatable bonds is 4. The van der Waals surface area contributed by atoms with Gasteiger partial charge < -0.3 is 5.11 Å². The molecule has 98 valence electrons. The Kier molecular flexibility index (Phi) is 4.34. The topological polar surface area (TPSA) is 50.2 Å². The van der Waals surface area contributed by atoms with Crippen LogP contribution in [0.15, 0.2) is 18.3 Å². The molecule has 1 aromatic heterocycles. The highest BCUT2D eigenvalue weighted by atomic mass is 16.4. The quantitative estimate of drug-likeness (QED) is 0.887. The number of carboxylic acids is 1. The van der Waals surface area contributed by atoms with Gasteiger partial charge in [0, 0.05) is 18.3 Å². The van der Waals surface area contributed by atoms with Crippen molar-refractivity contribution in [3.05, 3.63) is 29.6 Å². The summed E-state index contributed by atoms with van der Waals surface area (Å²) in [7, 11) is 0. The van der Waals surface area contributed by atoms with E-state index >= 15 is 0 Å². The third kappa shape index (κ3) is 3.31. The first kappa shape index (κ1) is 13.1. The first-order valence-corrected chi connectivity index (χ1v) is 6.85. The highest BCUT2D eigenvalue weighted by Crippen LogP contribution is 2.37. The van der Waals surface area contributed by atoms with E-state index < -0.39 is 5.97 Å². The summed E-state index contributed by atoms with van der Waals surface area (Å²) in [5.41, 5.74) is 2.54. The lowest BCUT2D eigenvalue weighted by atomic mass is 9.77. The summed E-state index contributed by atoms with van der Waals surface area (Å²) < 4.78 is 0. The van der Waals surface area contributed by atoms with Gasteiger partial charge in [-0.25, -0.2) is 0 Å². The molecule has 3 nitrogen and oxygen atoms in total. The van der Waals surface area contributed by atoms with E-state index in [2.05, 4.69) is 24.0 Å². The van der Waals surface area contributed by atoms with Crippen LogP contribution < -0.4 is 0 Å². The third-order valence-electron chi connectivity index (χ3n) is 3.98. The second-order valence-electron chi connectivity index (χ2n) is 5.25. The molecule has 18 heavy (non-hydrogen) atoms. The summed E-state index contributed by atoms with van der Waals surface area (Å²) in [6.45, 7) is 2.12. The summed E-state index contributed by atoms with van der Waals surface area (Å²) >= 11 is 0. The largest absolute Gasteiger partial charge is 0.481 e. The number of aromatic nitrogens is 1. The zero-order chi connectivity index (χ0) is 13.0. The first-order chi connectivity index (χ1) is 8.69. The van der Waals surface area contributed by atoms with Crippen molar-refractivity contribution in [1.29, 1.82) is 0 Å². The molecule has 0 radical (unpaired) electrons. The molecule has 0 saturated heterocycles. The molecule has 0 aliphatic heterocycles. The van der Waals surface area contributed by atoms with Crippen molar-refractivity contribution in [1.82, 2.24) is 4.98 Å². The molecule has 0 spiro atoms. The van der Waals surface area contributed by atoms with Crippen LogP contribution in [-0.4, -0.2) is 16.1 Å². The Labute approximate surface area is 108 Å². The molecular weight excluding hydrogens is 226 g/mol. The van der Waals surface area contributed by atoms with Crippen molar-refractivity contribution in [3.63, 3.8) is 0 Å². The molecule has 1 aliphatic carbocycles. The highest BCUT2D eigenvalue weighted by Gasteiger charge is 2.24. The van der Waals surface area contributed by atoms with Crippen molar-refractivity contribution < 1.29 is 9.90 Å². The molecular formula is C15H21NO2. The summed E-state index contributed by atoms with van der Waals surface area (Å²) in [6, 6.07) is 4.32. The van der Waals surface area contributed by atoms with E-state index in [1.54, 1.807) is 0 Å². The molecule has 0 amide bonds. The minimum absolute atomic E-state index is 0.337. The SMILES string of the molecule is CCc1cc(C2CCC(CC(=O)O)CC2)ccn1. The number of aliphatic carboxylic acids is 1. The van der Waals surface area contributed by atoms with Crippen LogP contribution >= 0.6 is 0 Å². The standard InChI is InChI=1S/C15H21NO2/c1-2-14-10-13(7-8-16-14)12-5-3-11(4-6-12)9-15(17)18/h7-8,10-12H,2-6,9H2,1H3,(H,17,18). The molecule has 1 fully saturated rings. The average molecular weight is 247 g/mol. The third-order valence-corrected chi connectivity index (χ3v) is 3.98. The number of nitrogens with zero attached hydrogens (tertiary/aromatic N) is 1. The maximum Gasteiger partial charge on any atom is 0.303 e. The van der Waals surface area contributed by atoms with Gasteiger partial charge in [0.25, 0.3) is 0 Å².